The van der Waals surface area contributed by atoms with Crippen molar-refractivity contribution >= 4 is 34.9 Å². The monoisotopic (exact) mass is 744 g/mol. The summed E-state index contributed by atoms with van der Waals surface area (Å²) in [6.45, 7) is 6.21. The second-order valence-electron chi connectivity index (χ2n) is 14.8. The fourth-order valence-corrected chi connectivity index (χ4v) is 7.88. The van der Waals surface area contributed by atoms with Crippen LogP contribution in [0, 0.1) is 11.8 Å². The van der Waals surface area contributed by atoms with Crippen molar-refractivity contribution in [2.45, 2.75) is 39.0 Å². The van der Waals surface area contributed by atoms with Crippen molar-refractivity contribution in [2.75, 3.05) is 46.6 Å². The second-order valence-corrected chi connectivity index (χ2v) is 14.8. The Kier molecular flexibility index (Phi) is 8.69. The van der Waals surface area contributed by atoms with Crippen molar-refractivity contribution in [2.24, 2.45) is 11.8 Å². The van der Waals surface area contributed by atoms with Crippen LogP contribution >= 0.6 is 0 Å². The van der Waals surface area contributed by atoms with Crippen LogP contribution in [0.4, 0.5) is 34.9 Å². The number of piperidine rings is 2. The van der Waals surface area contributed by atoms with Gasteiger partial charge in [0.05, 0.1) is 33.9 Å². The van der Waals surface area contributed by atoms with E-state index in [9.17, 15) is 0 Å². The van der Waals surface area contributed by atoms with Crippen molar-refractivity contribution in [1.82, 2.24) is 60.4 Å². The molecule has 2 saturated heterocycles. The average Bonchev–Trinajstić information content (AvgIpc) is 3.89. The predicted molar refractivity (Wildman–Crippen MR) is 213 cm³/mol. The number of para-hydroxylation sites is 4. The first-order valence-corrected chi connectivity index (χ1v) is 19.2. The maximum Gasteiger partial charge on any atom is 0.227 e. The molecule has 0 bridgehead atoms. The zero-order valence-electron chi connectivity index (χ0n) is 30.9. The molecule has 0 saturated carbocycles. The summed E-state index contributed by atoms with van der Waals surface area (Å²) in [7, 11) is 0. The molecule has 11 rings (SSSR count). The quantitative estimate of drug-likeness (QED) is 0.214. The van der Waals surface area contributed by atoms with Crippen molar-refractivity contribution in [3.63, 3.8) is 0 Å². The number of hydrogen-bond donors (Lipinski definition) is 2. The highest BCUT2D eigenvalue weighted by atomic mass is 15.6. The molecule has 0 amide bonds. The van der Waals surface area contributed by atoms with E-state index in [0.29, 0.717) is 17.6 Å². The van der Waals surface area contributed by atoms with Crippen LogP contribution in [-0.4, -0.2) is 86.5 Å². The Morgan fingerprint density at radius 2 is 1.07 bits per heavy atom. The van der Waals surface area contributed by atoms with Gasteiger partial charge in [0.1, 0.15) is 11.6 Å². The van der Waals surface area contributed by atoms with Gasteiger partial charge in [-0.3, -0.25) is 0 Å². The number of fused-ring (bicyclic) bond motifs is 10. The van der Waals surface area contributed by atoms with Crippen molar-refractivity contribution < 1.29 is 0 Å². The van der Waals surface area contributed by atoms with Crippen molar-refractivity contribution in [1.29, 1.82) is 0 Å². The highest BCUT2D eigenvalue weighted by Crippen LogP contribution is 2.38. The average molecular weight is 745 g/mol. The first-order chi connectivity index (χ1) is 27.6. The Bertz CT molecular complexity index is 2480. The molecule has 0 spiro atoms. The van der Waals surface area contributed by atoms with Gasteiger partial charge in [-0.05, 0) is 94.6 Å². The number of benzene rings is 3. The van der Waals surface area contributed by atoms with Crippen molar-refractivity contribution in [3.05, 3.63) is 96.8 Å². The van der Waals surface area contributed by atoms with Gasteiger partial charge >= 0.3 is 0 Å². The lowest BCUT2D eigenvalue weighted by Crippen LogP contribution is -2.35. The summed E-state index contributed by atoms with van der Waals surface area (Å²) in [5.74, 6) is 5.74. The van der Waals surface area contributed by atoms with Gasteiger partial charge in [0.15, 0.2) is 11.6 Å². The van der Waals surface area contributed by atoms with E-state index in [1.54, 1.807) is 9.36 Å². The Labute approximate surface area is 323 Å². The largest absolute Gasteiger partial charge is 0.341 e. The number of nitrogens with zero attached hydrogens (tertiary/aromatic N) is 14. The summed E-state index contributed by atoms with van der Waals surface area (Å²) in [6, 6.07) is 26.6. The van der Waals surface area contributed by atoms with Crippen LogP contribution in [0.25, 0.3) is 34.2 Å². The molecule has 16 heteroatoms. The number of hydrogen-bond acceptors (Lipinski definition) is 14. The van der Waals surface area contributed by atoms with Gasteiger partial charge in [-0.1, -0.05) is 61.5 Å². The van der Waals surface area contributed by atoms with E-state index < -0.39 is 0 Å². The normalized spacial score (nSPS) is 15.9. The van der Waals surface area contributed by atoms with Gasteiger partial charge < -0.3 is 20.4 Å². The summed E-state index contributed by atoms with van der Waals surface area (Å²) in [6.07, 6.45) is 9.42. The van der Waals surface area contributed by atoms with E-state index in [1.165, 1.54) is 18.4 Å². The minimum atomic E-state index is 0.639. The maximum atomic E-state index is 4.88. The molecule has 7 aromatic rings. The summed E-state index contributed by atoms with van der Waals surface area (Å²) in [5.41, 5.74) is 6.65. The van der Waals surface area contributed by atoms with Crippen LogP contribution in [0.15, 0.2) is 91.3 Å². The summed E-state index contributed by atoms with van der Waals surface area (Å²) < 4.78 is 3.45. The van der Waals surface area contributed by atoms with Crippen LogP contribution in [0.5, 0.6) is 0 Å². The number of aromatic nitrogens is 12. The van der Waals surface area contributed by atoms with Crippen LogP contribution in [0.2, 0.25) is 0 Å². The number of rotatable bonds is 4. The molecule has 0 unspecified atom stereocenters. The molecular weight excluding hydrogens is 705 g/mol. The first kappa shape index (κ1) is 33.7. The lowest BCUT2D eigenvalue weighted by atomic mass is 9.90. The summed E-state index contributed by atoms with van der Waals surface area (Å²) in [4.78, 5) is 23.5. The summed E-state index contributed by atoms with van der Waals surface area (Å²) in [5, 5.41) is 31.3. The standard InChI is InChI=1S/C23H22N8.C17H18N8/c1-2-6-16(7-3-1)14-17-10-12-30(13-11-17)23-24-15-18-21(26-23)25-19-8-4-5-9-20(19)31-22(18)27-28-29-31;1-11-6-8-24(9-7-11)17-18-10-12-15(20-17)19-13-4-2-3-5-14(13)25-16(12)21-22-23-25/h1-9,15,17H,10-14H2,(H,24,25,26);2-5,10-11H,6-9H2,1H3,(H,18,19,20). The third-order valence-corrected chi connectivity index (χ3v) is 11.1. The first-order valence-electron chi connectivity index (χ1n) is 19.2. The lowest BCUT2D eigenvalue weighted by molar-refractivity contribution is 0.400. The Morgan fingerprint density at radius 3 is 1.61 bits per heavy atom. The van der Waals surface area contributed by atoms with Gasteiger partial charge in [0.2, 0.25) is 11.9 Å². The molecule has 56 heavy (non-hydrogen) atoms. The van der Waals surface area contributed by atoms with Crippen LogP contribution in [-0.2, 0) is 6.42 Å². The topological polar surface area (TPSA) is 169 Å². The lowest BCUT2D eigenvalue weighted by Gasteiger charge is -2.32. The van der Waals surface area contributed by atoms with E-state index in [1.807, 2.05) is 60.9 Å². The van der Waals surface area contributed by atoms with E-state index in [4.69, 9.17) is 9.97 Å². The Balaban J connectivity index is 0.000000140. The van der Waals surface area contributed by atoms with Crippen LogP contribution in [0.3, 0.4) is 0 Å². The molecular formula is C40H40N16. The molecule has 4 aliphatic heterocycles. The Morgan fingerprint density at radius 1 is 0.589 bits per heavy atom. The smallest absolute Gasteiger partial charge is 0.227 e. The van der Waals surface area contributed by atoms with Gasteiger partial charge in [-0.2, -0.15) is 19.3 Å². The molecule has 2 fully saturated rings. The predicted octanol–water partition coefficient (Wildman–Crippen LogP) is 6.05. The molecule has 8 heterocycles. The maximum absolute atomic E-state index is 4.88. The zero-order valence-corrected chi connectivity index (χ0v) is 30.9. The third-order valence-electron chi connectivity index (χ3n) is 11.1. The molecule has 3 aromatic carbocycles. The van der Waals surface area contributed by atoms with E-state index in [2.05, 4.69) is 98.7 Å². The van der Waals surface area contributed by atoms with Crippen molar-refractivity contribution in [3.8, 4) is 34.2 Å². The van der Waals surface area contributed by atoms with Gasteiger partial charge in [-0.25, -0.2) is 9.97 Å². The molecule has 16 nitrogen and oxygen atoms in total. The molecule has 0 radical (unpaired) electrons. The van der Waals surface area contributed by atoms with E-state index in [0.717, 1.165) is 109 Å². The Hall–Kier alpha value is -6.84. The number of anilines is 6. The fraction of sp³-hybridized carbons (Fsp3) is 0.300. The minimum absolute atomic E-state index is 0.639. The molecule has 0 atom stereocenters. The SMILES string of the molecule is CC1CCN(c2ncc3c(n2)Nc2ccccc2-n2nnnc2-3)CC1.c1ccc(CC2CCN(c3ncc4c(n3)Nc3ccccc3-n3nnnc3-4)CC2)cc1. The molecule has 280 valence electrons. The fourth-order valence-electron chi connectivity index (χ4n) is 7.88. The zero-order chi connectivity index (χ0) is 37.4. The van der Waals surface area contributed by atoms with Gasteiger partial charge in [0, 0.05) is 38.6 Å². The number of nitrogens with one attached hydrogen (secondary N) is 2. The molecule has 2 N–H and O–H groups in total. The molecule has 4 aromatic heterocycles. The van der Waals surface area contributed by atoms with Crippen LogP contribution < -0.4 is 20.4 Å². The van der Waals surface area contributed by atoms with Gasteiger partial charge in [0.25, 0.3) is 0 Å². The third kappa shape index (κ3) is 6.41. The van der Waals surface area contributed by atoms with Crippen LogP contribution in [0.1, 0.15) is 38.2 Å². The molecule has 4 aliphatic rings. The highest BCUT2D eigenvalue weighted by molar-refractivity contribution is 5.83. The highest BCUT2D eigenvalue weighted by Gasteiger charge is 2.28. The molecule has 0 aliphatic carbocycles. The van der Waals surface area contributed by atoms with Gasteiger partial charge in [-0.15, -0.1) is 10.2 Å². The minimum Gasteiger partial charge on any atom is -0.341 e. The summed E-state index contributed by atoms with van der Waals surface area (Å²) >= 11 is 0. The van der Waals surface area contributed by atoms with E-state index >= 15 is 0 Å². The van der Waals surface area contributed by atoms with E-state index in [-0.39, 0.29) is 0 Å². The number of tetrazole rings is 2. The second kappa shape index (κ2) is 14.4.